The highest BCUT2D eigenvalue weighted by Gasteiger charge is 2.38. The van der Waals surface area contributed by atoms with Crippen molar-refractivity contribution >= 4 is 51.2 Å². The largest absolute Gasteiger partial charge is 0.445 e. The van der Waals surface area contributed by atoms with E-state index in [-0.39, 0.29) is 48.8 Å². The first-order chi connectivity index (χ1) is 23.8. The van der Waals surface area contributed by atoms with Crippen LogP contribution in [0.25, 0.3) is 10.2 Å². The van der Waals surface area contributed by atoms with Crippen molar-refractivity contribution in [3.8, 4) is 0 Å². The Morgan fingerprint density at radius 1 is 0.939 bits per heavy atom. The molecule has 49 heavy (non-hydrogen) atoms. The van der Waals surface area contributed by atoms with E-state index in [4.69, 9.17) is 14.2 Å². The van der Waals surface area contributed by atoms with Crippen molar-refractivity contribution in [2.24, 2.45) is 17.8 Å². The van der Waals surface area contributed by atoms with E-state index in [1.165, 1.54) is 11.3 Å². The monoisotopic (exact) mass is 692 g/mol. The summed E-state index contributed by atoms with van der Waals surface area (Å²) in [4.78, 5) is 75.8. The zero-order chi connectivity index (χ0) is 34.2. The van der Waals surface area contributed by atoms with E-state index < -0.39 is 47.7 Å². The minimum Gasteiger partial charge on any atom is -0.445 e. The highest BCUT2D eigenvalue weighted by Crippen LogP contribution is 2.26. The number of ketones is 1. The van der Waals surface area contributed by atoms with Crippen LogP contribution in [0, 0.1) is 17.8 Å². The molecule has 0 spiro atoms. The van der Waals surface area contributed by atoms with Crippen molar-refractivity contribution in [2.75, 3.05) is 33.0 Å². The molecule has 4 N–H and O–H groups in total. The van der Waals surface area contributed by atoms with Crippen LogP contribution >= 0.6 is 11.3 Å². The molecule has 2 unspecified atom stereocenters. The van der Waals surface area contributed by atoms with Gasteiger partial charge in [0.1, 0.15) is 18.7 Å². The first-order valence-electron chi connectivity index (χ1n) is 16.6. The van der Waals surface area contributed by atoms with Crippen molar-refractivity contribution in [1.29, 1.82) is 0 Å². The number of Topliss-reactive ketones (excluding diaryl/α,β-unsaturated/α-hetero) is 1. The number of para-hydroxylation sites is 1. The Bertz CT molecular complexity index is 1610. The fourth-order valence-corrected chi connectivity index (χ4v) is 7.35. The SMILES string of the molecule is O=C(N[C@H](C(=O)N[C@@H](CC1CCOC1)C(=O)N[C@@H](C[C@@H]1CCNC1=O)C(=O)c1nc2ccccc2s1)C1CCOC1)OCc1cccnc1. The number of carbonyl (C=O) groups excluding carboxylic acids is 5. The van der Waals surface area contributed by atoms with Gasteiger partial charge in [-0.15, -0.1) is 11.3 Å². The third-order valence-corrected chi connectivity index (χ3v) is 10.2. The minimum absolute atomic E-state index is 0.0132. The quantitative estimate of drug-likeness (QED) is 0.182. The smallest absolute Gasteiger partial charge is 0.408 e. The number of rotatable bonds is 14. The summed E-state index contributed by atoms with van der Waals surface area (Å²) >= 11 is 1.22. The Kier molecular flexibility index (Phi) is 11.4. The Morgan fingerprint density at radius 3 is 2.47 bits per heavy atom. The number of benzene rings is 1. The van der Waals surface area contributed by atoms with E-state index in [9.17, 15) is 24.0 Å². The Balaban J connectivity index is 1.19. The molecule has 4 amide bonds. The lowest BCUT2D eigenvalue weighted by atomic mass is 9.93. The molecular weight excluding hydrogens is 652 g/mol. The summed E-state index contributed by atoms with van der Waals surface area (Å²) in [5.41, 5.74) is 1.35. The second-order valence-corrected chi connectivity index (χ2v) is 13.7. The van der Waals surface area contributed by atoms with Crippen LogP contribution in [-0.2, 0) is 35.2 Å². The van der Waals surface area contributed by atoms with Gasteiger partial charge in [-0.1, -0.05) is 18.2 Å². The standard InChI is InChI=1S/C34H40N6O8S/c41-29(33-39-24-5-1-2-6-27(24)49-33)25(15-22-7-11-36-30(22)42)37-31(43)26(14-20-8-12-46-17-20)38-32(44)28(23-9-13-47-19-23)40-34(45)48-18-21-4-3-10-35-16-21/h1-6,10,16,20,22-23,25-26,28H,7-9,11-15,17-19H2,(H,36,42)(H,37,43)(H,38,44)(H,40,45)/t20?,22-,23?,25-,26-,28-/m0/s1. The van der Waals surface area contributed by atoms with Crippen LogP contribution in [0.2, 0.25) is 0 Å². The number of pyridine rings is 1. The van der Waals surface area contributed by atoms with Crippen LogP contribution in [0.15, 0.2) is 48.8 Å². The number of thiazole rings is 1. The number of carbonyl (C=O) groups is 5. The van der Waals surface area contributed by atoms with E-state index in [1.807, 2.05) is 24.3 Å². The van der Waals surface area contributed by atoms with Gasteiger partial charge in [0.25, 0.3) is 0 Å². The number of fused-ring (bicyclic) bond motifs is 1. The summed E-state index contributed by atoms with van der Waals surface area (Å²) in [6, 6.07) is 7.70. The van der Waals surface area contributed by atoms with Crippen LogP contribution in [0.4, 0.5) is 4.79 Å². The number of ether oxygens (including phenoxy) is 3. The molecule has 0 bridgehead atoms. The maximum Gasteiger partial charge on any atom is 0.408 e. The maximum absolute atomic E-state index is 14.1. The van der Waals surface area contributed by atoms with Gasteiger partial charge in [-0.25, -0.2) is 9.78 Å². The zero-order valence-electron chi connectivity index (χ0n) is 26.9. The average molecular weight is 693 g/mol. The second kappa shape index (κ2) is 16.3. The topological polar surface area (TPSA) is 187 Å². The van der Waals surface area contributed by atoms with Gasteiger partial charge in [0.2, 0.25) is 23.5 Å². The predicted molar refractivity (Wildman–Crippen MR) is 177 cm³/mol. The summed E-state index contributed by atoms with van der Waals surface area (Å²) in [5.74, 6) is -2.54. The summed E-state index contributed by atoms with van der Waals surface area (Å²) < 4.78 is 17.3. The fourth-order valence-electron chi connectivity index (χ4n) is 6.39. The Labute approximate surface area is 287 Å². The molecule has 260 valence electrons. The molecule has 15 heteroatoms. The zero-order valence-corrected chi connectivity index (χ0v) is 27.7. The molecule has 2 aromatic heterocycles. The van der Waals surface area contributed by atoms with E-state index in [0.717, 1.165) is 4.70 Å². The Hall–Kier alpha value is -4.47. The van der Waals surface area contributed by atoms with Crippen LogP contribution in [0.3, 0.4) is 0 Å². The van der Waals surface area contributed by atoms with E-state index in [0.29, 0.717) is 56.7 Å². The molecule has 0 aliphatic carbocycles. The number of nitrogens with zero attached hydrogens (tertiary/aromatic N) is 2. The molecule has 6 atom stereocenters. The first-order valence-corrected chi connectivity index (χ1v) is 17.4. The van der Waals surface area contributed by atoms with Crippen molar-refractivity contribution in [2.45, 2.75) is 56.8 Å². The van der Waals surface area contributed by atoms with Crippen molar-refractivity contribution in [1.82, 2.24) is 31.2 Å². The lowest BCUT2D eigenvalue weighted by Gasteiger charge is -2.28. The molecule has 14 nitrogen and oxygen atoms in total. The van der Waals surface area contributed by atoms with Gasteiger partial charge in [-0.2, -0.15) is 0 Å². The van der Waals surface area contributed by atoms with Gasteiger partial charge in [0, 0.05) is 56.2 Å². The van der Waals surface area contributed by atoms with Crippen LogP contribution < -0.4 is 21.3 Å². The predicted octanol–water partition coefficient (Wildman–Crippen LogP) is 2.13. The number of hydrogen-bond donors (Lipinski definition) is 4. The molecule has 0 radical (unpaired) electrons. The number of nitrogens with one attached hydrogen (secondary N) is 4. The molecule has 6 rings (SSSR count). The highest BCUT2D eigenvalue weighted by atomic mass is 32.1. The lowest BCUT2D eigenvalue weighted by Crippen LogP contribution is -2.58. The molecule has 1 aromatic carbocycles. The van der Waals surface area contributed by atoms with Gasteiger partial charge >= 0.3 is 6.09 Å². The minimum atomic E-state index is -1.06. The van der Waals surface area contributed by atoms with E-state index in [1.54, 1.807) is 24.5 Å². The van der Waals surface area contributed by atoms with Gasteiger partial charge in [0.15, 0.2) is 5.01 Å². The van der Waals surface area contributed by atoms with Crippen LogP contribution in [0.1, 0.15) is 47.5 Å². The third kappa shape index (κ3) is 8.96. The molecular formula is C34H40N6O8S. The van der Waals surface area contributed by atoms with E-state index >= 15 is 0 Å². The maximum atomic E-state index is 14.1. The van der Waals surface area contributed by atoms with Crippen molar-refractivity contribution < 1.29 is 38.2 Å². The molecule has 3 fully saturated rings. The molecule has 0 saturated carbocycles. The summed E-state index contributed by atoms with van der Waals surface area (Å²) in [6.07, 6.45) is 4.49. The lowest BCUT2D eigenvalue weighted by molar-refractivity contribution is -0.131. The summed E-state index contributed by atoms with van der Waals surface area (Å²) in [6.45, 7) is 2.09. The van der Waals surface area contributed by atoms with Crippen LogP contribution in [0.5, 0.6) is 0 Å². The molecule has 3 saturated heterocycles. The summed E-state index contributed by atoms with van der Waals surface area (Å²) in [7, 11) is 0. The van der Waals surface area contributed by atoms with Crippen LogP contribution in [-0.4, -0.2) is 90.7 Å². The van der Waals surface area contributed by atoms with Gasteiger partial charge in [-0.3, -0.25) is 24.2 Å². The molecule has 3 aliphatic heterocycles. The molecule has 3 aliphatic rings. The van der Waals surface area contributed by atoms with Crippen molar-refractivity contribution in [3.05, 3.63) is 59.4 Å². The van der Waals surface area contributed by atoms with Gasteiger partial charge in [0.05, 0.1) is 22.9 Å². The second-order valence-electron chi connectivity index (χ2n) is 12.6. The number of amides is 4. The normalized spacial score (nSPS) is 22.2. The summed E-state index contributed by atoms with van der Waals surface area (Å²) in [5, 5.41) is 11.4. The van der Waals surface area contributed by atoms with Crippen molar-refractivity contribution in [3.63, 3.8) is 0 Å². The number of aromatic nitrogens is 2. The molecule has 5 heterocycles. The Morgan fingerprint density at radius 2 is 1.76 bits per heavy atom. The fraction of sp³-hybridized carbons (Fsp3) is 0.500. The van der Waals surface area contributed by atoms with E-state index in [2.05, 4.69) is 31.2 Å². The van der Waals surface area contributed by atoms with Gasteiger partial charge < -0.3 is 35.5 Å². The first kappa shape index (κ1) is 34.4. The molecule has 3 aromatic rings. The average Bonchev–Trinajstić information content (AvgIpc) is 3.95. The number of hydrogen-bond acceptors (Lipinski definition) is 11. The van der Waals surface area contributed by atoms with Gasteiger partial charge in [-0.05, 0) is 56.2 Å². The highest BCUT2D eigenvalue weighted by molar-refractivity contribution is 7.20. The number of alkyl carbamates (subject to hydrolysis) is 1. The third-order valence-electron chi connectivity index (χ3n) is 9.13.